The molecule has 1 aromatic rings. The highest BCUT2D eigenvalue weighted by Gasteiger charge is 2.11. The van der Waals surface area contributed by atoms with E-state index in [2.05, 4.69) is 5.32 Å². The third-order valence-electron chi connectivity index (χ3n) is 1.75. The summed E-state index contributed by atoms with van der Waals surface area (Å²) in [6.07, 6.45) is 0. The molecule has 0 amide bonds. The molecular weight excluding hydrogens is 221 g/mol. The second kappa shape index (κ2) is 6.24. The van der Waals surface area contributed by atoms with E-state index in [4.69, 9.17) is 4.74 Å². The Morgan fingerprint density at radius 3 is 2.73 bits per heavy atom. The molecule has 0 spiro atoms. The van der Waals surface area contributed by atoms with E-state index in [1.54, 1.807) is 14.0 Å². The molecule has 1 rings (SSSR count). The van der Waals surface area contributed by atoms with Gasteiger partial charge in [0.1, 0.15) is 5.82 Å². The molecule has 0 atom stereocenters. The van der Waals surface area contributed by atoms with Gasteiger partial charge >= 0.3 is 5.97 Å². The summed E-state index contributed by atoms with van der Waals surface area (Å²) >= 11 is 0. The molecule has 0 aliphatic rings. The molecule has 15 heavy (non-hydrogen) atoms. The zero-order valence-electron chi connectivity index (χ0n) is 8.54. The van der Waals surface area contributed by atoms with Crippen molar-refractivity contribution >= 4 is 24.1 Å². The number of hydrogen-bond acceptors (Lipinski definition) is 3. The number of esters is 1. The Kier molecular flexibility index (Phi) is 5.70. The summed E-state index contributed by atoms with van der Waals surface area (Å²) in [7, 11) is 1.62. The van der Waals surface area contributed by atoms with E-state index in [0.717, 1.165) is 0 Å². The first kappa shape index (κ1) is 13.7. The molecule has 1 N–H and O–H groups in total. The molecule has 0 bridgehead atoms. The normalized spacial score (nSPS) is 9.00. The molecule has 0 saturated carbocycles. The average Bonchev–Trinajstić information content (AvgIpc) is 2.17. The second-order valence-corrected chi connectivity index (χ2v) is 2.66. The van der Waals surface area contributed by atoms with E-state index in [9.17, 15) is 9.18 Å². The first-order valence-electron chi connectivity index (χ1n) is 4.33. The van der Waals surface area contributed by atoms with Gasteiger partial charge in [-0.1, -0.05) is 0 Å². The summed E-state index contributed by atoms with van der Waals surface area (Å²) in [6.45, 7) is 2.03. The van der Waals surface area contributed by atoms with Crippen LogP contribution in [0.1, 0.15) is 17.3 Å². The molecule has 0 fully saturated rings. The summed E-state index contributed by atoms with van der Waals surface area (Å²) in [5.41, 5.74) is 0.777. The quantitative estimate of drug-likeness (QED) is 0.816. The van der Waals surface area contributed by atoms with Crippen molar-refractivity contribution in [3.63, 3.8) is 0 Å². The highest BCUT2D eigenvalue weighted by atomic mass is 35.5. The lowest BCUT2D eigenvalue weighted by molar-refractivity contribution is 0.0527. The van der Waals surface area contributed by atoms with E-state index >= 15 is 0 Å². The number of nitrogens with one attached hydrogen (secondary N) is 1. The van der Waals surface area contributed by atoms with Gasteiger partial charge in [0.2, 0.25) is 0 Å². The molecule has 3 nitrogen and oxygen atoms in total. The third-order valence-corrected chi connectivity index (χ3v) is 1.75. The maximum atomic E-state index is 12.8. The molecule has 5 heteroatoms. The van der Waals surface area contributed by atoms with Crippen molar-refractivity contribution in [2.45, 2.75) is 6.92 Å². The molecule has 0 aliphatic heterocycles. The lowest BCUT2D eigenvalue weighted by Crippen LogP contribution is -2.08. The Hall–Kier alpha value is -1.29. The maximum absolute atomic E-state index is 12.8. The van der Waals surface area contributed by atoms with Gasteiger partial charge in [-0.2, -0.15) is 0 Å². The fraction of sp³-hybridized carbons (Fsp3) is 0.300. The molecule has 0 unspecified atom stereocenters. The van der Waals surface area contributed by atoms with Gasteiger partial charge in [-0.25, -0.2) is 9.18 Å². The number of carbonyl (C=O) groups excluding carboxylic acids is 1. The highest BCUT2D eigenvalue weighted by molar-refractivity contribution is 5.95. The van der Waals surface area contributed by atoms with E-state index in [1.165, 1.54) is 18.2 Å². The van der Waals surface area contributed by atoms with Crippen molar-refractivity contribution in [3.05, 3.63) is 29.6 Å². The van der Waals surface area contributed by atoms with Crippen molar-refractivity contribution < 1.29 is 13.9 Å². The lowest BCUT2D eigenvalue weighted by Gasteiger charge is -2.07. The van der Waals surface area contributed by atoms with Gasteiger partial charge in [0.15, 0.2) is 0 Å². The van der Waals surface area contributed by atoms with Crippen LogP contribution in [0.5, 0.6) is 0 Å². The van der Waals surface area contributed by atoms with Gasteiger partial charge in [0.05, 0.1) is 17.9 Å². The van der Waals surface area contributed by atoms with Gasteiger partial charge in [0, 0.05) is 7.05 Å². The minimum atomic E-state index is -0.447. The Bertz CT molecular complexity index is 344. The first-order chi connectivity index (χ1) is 6.69. The fourth-order valence-electron chi connectivity index (χ4n) is 1.11. The van der Waals surface area contributed by atoms with Crippen LogP contribution in [0.4, 0.5) is 10.1 Å². The summed E-state index contributed by atoms with van der Waals surface area (Å²) < 4.78 is 17.6. The maximum Gasteiger partial charge on any atom is 0.340 e. The van der Waals surface area contributed by atoms with Gasteiger partial charge < -0.3 is 10.1 Å². The lowest BCUT2D eigenvalue weighted by atomic mass is 10.2. The Morgan fingerprint density at radius 2 is 2.20 bits per heavy atom. The van der Waals surface area contributed by atoms with Crippen LogP contribution in [-0.2, 0) is 4.74 Å². The first-order valence-corrected chi connectivity index (χ1v) is 4.33. The fourth-order valence-corrected chi connectivity index (χ4v) is 1.11. The molecule has 84 valence electrons. The molecule has 0 aromatic heterocycles. The van der Waals surface area contributed by atoms with Gasteiger partial charge in [-0.15, -0.1) is 12.4 Å². The number of rotatable bonds is 3. The smallest absolute Gasteiger partial charge is 0.340 e. The van der Waals surface area contributed by atoms with Crippen molar-refractivity contribution in [2.75, 3.05) is 19.0 Å². The summed E-state index contributed by atoms with van der Waals surface area (Å²) in [5.74, 6) is -0.834. The second-order valence-electron chi connectivity index (χ2n) is 2.66. The Labute approximate surface area is 94.0 Å². The van der Waals surface area contributed by atoms with Crippen LogP contribution >= 0.6 is 12.4 Å². The number of ether oxygens (including phenoxy) is 1. The number of carbonyl (C=O) groups is 1. The average molecular weight is 234 g/mol. The minimum absolute atomic E-state index is 0. The number of anilines is 1. The zero-order chi connectivity index (χ0) is 10.6. The van der Waals surface area contributed by atoms with Gasteiger partial charge in [-0.3, -0.25) is 0 Å². The standard InChI is InChI=1S/C10H12FNO2.ClH/c1-3-14-10(13)8-5-4-7(11)6-9(8)12-2;/h4-6,12H,3H2,1-2H3;1H. The van der Waals surface area contributed by atoms with Gasteiger partial charge in [-0.05, 0) is 25.1 Å². The van der Waals surface area contributed by atoms with Crippen LogP contribution in [-0.4, -0.2) is 19.6 Å². The largest absolute Gasteiger partial charge is 0.462 e. The minimum Gasteiger partial charge on any atom is -0.462 e. The predicted molar refractivity (Wildman–Crippen MR) is 59.2 cm³/mol. The Morgan fingerprint density at radius 1 is 1.53 bits per heavy atom. The number of hydrogen-bond donors (Lipinski definition) is 1. The van der Waals surface area contributed by atoms with Crippen LogP contribution < -0.4 is 5.32 Å². The number of halogens is 2. The van der Waals surface area contributed by atoms with Crippen LogP contribution in [0.15, 0.2) is 18.2 Å². The molecular formula is C10H13ClFNO2. The molecule has 0 saturated heterocycles. The highest BCUT2D eigenvalue weighted by Crippen LogP contribution is 2.17. The van der Waals surface area contributed by atoms with Crippen LogP contribution in [0, 0.1) is 5.82 Å². The topological polar surface area (TPSA) is 38.3 Å². The zero-order valence-corrected chi connectivity index (χ0v) is 9.36. The summed E-state index contributed by atoms with van der Waals surface area (Å²) in [5, 5.41) is 2.73. The monoisotopic (exact) mass is 233 g/mol. The van der Waals surface area contributed by atoms with Crippen LogP contribution in [0.25, 0.3) is 0 Å². The van der Waals surface area contributed by atoms with Crippen molar-refractivity contribution in [1.29, 1.82) is 0 Å². The van der Waals surface area contributed by atoms with Crippen molar-refractivity contribution in [2.24, 2.45) is 0 Å². The van der Waals surface area contributed by atoms with Crippen molar-refractivity contribution in [1.82, 2.24) is 0 Å². The Balaban J connectivity index is 0.00000196. The summed E-state index contributed by atoms with van der Waals surface area (Å²) in [4.78, 5) is 11.4. The van der Waals surface area contributed by atoms with E-state index in [0.29, 0.717) is 17.9 Å². The van der Waals surface area contributed by atoms with Crippen LogP contribution in [0.3, 0.4) is 0 Å². The third kappa shape index (κ3) is 3.40. The summed E-state index contributed by atoms with van der Waals surface area (Å²) in [6, 6.07) is 3.89. The predicted octanol–water partition coefficient (Wildman–Crippen LogP) is 2.47. The van der Waals surface area contributed by atoms with Crippen molar-refractivity contribution in [3.8, 4) is 0 Å². The molecule has 1 aromatic carbocycles. The van der Waals surface area contributed by atoms with Gasteiger partial charge in [0.25, 0.3) is 0 Å². The number of benzene rings is 1. The van der Waals surface area contributed by atoms with E-state index < -0.39 is 5.97 Å². The molecule has 0 radical (unpaired) electrons. The van der Waals surface area contributed by atoms with E-state index in [-0.39, 0.29) is 18.2 Å². The van der Waals surface area contributed by atoms with Crippen LogP contribution in [0.2, 0.25) is 0 Å². The van der Waals surface area contributed by atoms with E-state index in [1.807, 2.05) is 0 Å². The molecule has 0 aliphatic carbocycles. The SMILES string of the molecule is CCOC(=O)c1ccc(F)cc1NC.Cl. The molecule has 0 heterocycles.